The molecular weight excluding hydrogens is 332 g/mol. The lowest BCUT2D eigenvalue weighted by Gasteiger charge is -2.08. The predicted molar refractivity (Wildman–Crippen MR) is 92.9 cm³/mol. The van der Waals surface area contributed by atoms with Crippen LogP contribution < -0.4 is 10.6 Å². The summed E-state index contributed by atoms with van der Waals surface area (Å²) >= 11 is 0. The van der Waals surface area contributed by atoms with E-state index in [1.165, 1.54) is 0 Å². The van der Waals surface area contributed by atoms with Gasteiger partial charge in [0.1, 0.15) is 0 Å². The van der Waals surface area contributed by atoms with Crippen molar-refractivity contribution in [3.8, 4) is 0 Å². The molecule has 0 aromatic rings. The van der Waals surface area contributed by atoms with Crippen LogP contribution in [0.5, 0.6) is 0 Å². The highest BCUT2D eigenvalue weighted by atomic mass is 16.6. The van der Waals surface area contributed by atoms with E-state index in [0.29, 0.717) is 92.2 Å². The second-order valence-electron chi connectivity index (χ2n) is 4.85. The molecule has 0 aromatic carbocycles. The molecule has 0 radical (unpaired) electrons. The zero-order valence-electron chi connectivity index (χ0n) is 15.3. The molecule has 150 valence electrons. The lowest BCUT2D eigenvalue weighted by atomic mass is 10.6. The Hall–Kier alpha value is -0.810. The summed E-state index contributed by atoms with van der Waals surface area (Å²) in [6, 6.07) is 0. The number of rotatable bonds is 22. The molecular formula is C16H34N2O7. The average molecular weight is 366 g/mol. The molecule has 0 bridgehead atoms. The van der Waals surface area contributed by atoms with E-state index in [9.17, 15) is 4.79 Å². The van der Waals surface area contributed by atoms with Gasteiger partial charge in [0.15, 0.2) is 0 Å². The summed E-state index contributed by atoms with van der Waals surface area (Å²) < 4.78 is 32.0. The summed E-state index contributed by atoms with van der Waals surface area (Å²) in [5.74, 6) is 0. The van der Waals surface area contributed by atoms with Crippen LogP contribution in [0, 0.1) is 0 Å². The smallest absolute Gasteiger partial charge is 0.207 e. The first-order valence-electron chi connectivity index (χ1n) is 8.70. The highest BCUT2D eigenvalue weighted by molar-refractivity contribution is 5.45. The summed E-state index contributed by atoms with van der Waals surface area (Å²) in [6.45, 7) is 7.97. The quantitative estimate of drug-likeness (QED) is 0.187. The number of amides is 1. The molecule has 0 spiro atoms. The van der Waals surface area contributed by atoms with Gasteiger partial charge in [0.2, 0.25) is 6.41 Å². The van der Waals surface area contributed by atoms with Crippen molar-refractivity contribution in [3.63, 3.8) is 0 Å². The van der Waals surface area contributed by atoms with Crippen LogP contribution in [0.2, 0.25) is 0 Å². The molecule has 2 N–H and O–H groups in total. The minimum Gasteiger partial charge on any atom is -0.378 e. The van der Waals surface area contributed by atoms with Crippen molar-refractivity contribution in [1.82, 2.24) is 10.6 Å². The van der Waals surface area contributed by atoms with Gasteiger partial charge in [-0.3, -0.25) is 4.79 Å². The highest BCUT2D eigenvalue weighted by Gasteiger charge is 1.94. The molecule has 25 heavy (non-hydrogen) atoms. The number of hydrogen-bond acceptors (Lipinski definition) is 8. The van der Waals surface area contributed by atoms with E-state index in [1.807, 2.05) is 7.05 Å². The molecule has 0 aliphatic rings. The van der Waals surface area contributed by atoms with Crippen LogP contribution in [0.1, 0.15) is 0 Å². The Balaban J connectivity index is 2.95. The lowest BCUT2D eigenvalue weighted by molar-refractivity contribution is -0.109. The number of carbonyl (C=O) groups excluding carboxylic acids is 1. The number of carbonyl (C=O) groups is 1. The summed E-state index contributed by atoms with van der Waals surface area (Å²) in [5.41, 5.74) is 0. The van der Waals surface area contributed by atoms with E-state index in [2.05, 4.69) is 10.6 Å². The van der Waals surface area contributed by atoms with E-state index in [1.54, 1.807) is 0 Å². The van der Waals surface area contributed by atoms with Crippen LogP contribution in [-0.2, 0) is 33.2 Å². The number of ether oxygens (including phenoxy) is 6. The molecule has 0 fully saturated rings. The lowest BCUT2D eigenvalue weighted by Crippen LogP contribution is -2.19. The van der Waals surface area contributed by atoms with Gasteiger partial charge in [0, 0.05) is 13.1 Å². The Morgan fingerprint density at radius 1 is 0.560 bits per heavy atom. The fourth-order valence-corrected chi connectivity index (χ4v) is 1.57. The Bertz CT molecular complexity index is 261. The molecule has 0 unspecified atom stereocenters. The minimum absolute atomic E-state index is 0.489. The first-order chi connectivity index (χ1) is 12.4. The number of likely N-dealkylation sites (N-methyl/N-ethyl adjacent to an activating group) is 1. The maximum atomic E-state index is 9.98. The minimum atomic E-state index is 0.489. The maximum absolute atomic E-state index is 9.98. The Morgan fingerprint density at radius 2 is 0.880 bits per heavy atom. The largest absolute Gasteiger partial charge is 0.378 e. The standard InChI is InChI=1S/C16H34N2O7/c1-17-2-4-20-6-8-22-10-12-24-14-15-25-13-11-23-9-7-21-5-3-18-16-19/h16-17H,2-15H2,1H3,(H,18,19). The van der Waals surface area contributed by atoms with E-state index >= 15 is 0 Å². The molecule has 0 aliphatic heterocycles. The van der Waals surface area contributed by atoms with Gasteiger partial charge in [-0.25, -0.2) is 0 Å². The molecule has 0 heterocycles. The normalized spacial score (nSPS) is 10.9. The van der Waals surface area contributed by atoms with Gasteiger partial charge < -0.3 is 39.1 Å². The first kappa shape index (κ1) is 24.2. The van der Waals surface area contributed by atoms with Gasteiger partial charge in [0.05, 0.1) is 79.3 Å². The second kappa shape index (κ2) is 23.2. The van der Waals surface area contributed by atoms with Crippen LogP contribution in [0.15, 0.2) is 0 Å². The van der Waals surface area contributed by atoms with Crippen molar-refractivity contribution in [1.29, 1.82) is 0 Å². The van der Waals surface area contributed by atoms with Gasteiger partial charge in [-0.15, -0.1) is 0 Å². The third-order valence-corrected chi connectivity index (χ3v) is 2.83. The molecule has 1 amide bonds. The monoisotopic (exact) mass is 366 g/mol. The third kappa shape index (κ3) is 23.2. The van der Waals surface area contributed by atoms with Crippen molar-refractivity contribution in [2.45, 2.75) is 0 Å². The highest BCUT2D eigenvalue weighted by Crippen LogP contribution is 1.84. The molecule has 0 rings (SSSR count). The summed E-state index contributed by atoms with van der Waals surface area (Å²) in [7, 11) is 1.89. The molecule has 9 heteroatoms. The van der Waals surface area contributed by atoms with Gasteiger partial charge in [0.25, 0.3) is 0 Å². The van der Waals surface area contributed by atoms with E-state index in [4.69, 9.17) is 28.4 Å². The molecule has 0 aromatic heterocycles. The fourth-order valence-electron chi connectivity index (χ4n) is 1.57. The SMILES string of the molecule is CNCCOCCOCCOCCOCCOCCOCCNC=O. The maximum Gasteiger partial charge on any atom is 0.207 e. The van der Waals surface area contributed by atoms with Crippen molar-refractivity contribution in [2.24, 2.45) is 0 Å². The predicted octanol–water partition coefficient (Wildman–Crippen LogP) is -0.949. The third-order valence-electron chi connectivity index (χ3n) is 2.83. The summed E-state index contributed by atoms with van der Waals surface area (Å²) in [5, 5.41) is 5.52. The topological polar surface area (TPSA) is 96.5 Å². The molecule has 0 saturated heterocycles. The first-order valence-corrected chi connectivity index (χ1v) is 8.70. The van der Waals surface area contributed by atoms with E-state index in [-0.39, 0.29) is 0 Å². The van der Waals surface area contributed by atoms with E-state index in [0.717, 1.165) is 6.54 Å². The van der Waals surface area contributed by atoms with Crippen LogP contribution >= 0.6 is 0 Å². The zero-order chi connectivity index (χ0) is 18.3. The Morgan fingerprint density at radius 3 is 1.20 bits per heavy atom. The van der Waals surface area contributed by atoms with Crippen LogP contribution in [-0.4, -0.2) is 106 Å². The van der Waals surface area contributed by atoms with Gasteiger partial charge in [-0.2, -0.15) is 0 Å². The van der Waals surface area contributed by atoms with Crippen molar-refractivity contribution < 1.29 is 33.2 Å². The molecule has 0 atom stereocenters. The fraction of sp³-hybridized carbons (Fsp3) is 0.938. The molecule has 0 saturated carbocycles. The number of hydrogen-bond donors (Lipinski definition) is 2. The van der Waals surface area contributed by atoms with Gasteiger partial charge in [-0.1, -0.05) is 0 Å². The van der Waals surface area contributed by atoms with Crippen molar-refractivity contribution in [3.05, 3.63) is 0 Å². The molecule has 0 aliphatic carbocycles. The summed E-state index contributed by atoms with van der Waals surface area (Å²) in [6.07, 6.45) is 0.649. The summed E-state index contributed by atoms with van der Waals surface area (Å²) in [4.78, 5) is 9.98. The Kier molecular flexibility index (Phi) is 22.4. The average Bonchev–Trinajstić information content (AvgIpc) is 2.63. The van der Waals surface area contributed by atoms with Crippen molar-refractivity contribution in [2.75, 3.05) is 99.4 Å². The number of nitrogens with one attached hydrogen (secondary N) is 2. The Labute approximate surface area is 150 Å². The van der Waals surface area contributed by atoms with Crippen molar-refractivity contribution >= 4 is 6.41 Å². The van der Waals surface area contributed by atoms with Crippen LogP contribution in [0.3, 0.4) is 0 Å². The molecule has 9 nitrogen and oxygen atoms in total. The van der Waals surface area contributed by atoms with Gasteiger partial charge >= 0.3 is 0 Å². The second-order valence-corrected chi connectivity index (χ2v) is 4.85. The zero-order valence-corrected chi connectivity index (χ0v) is 15.3. The van der Waals surface area contributed by atoms with E-state index < -0.39 is 0 Å². The van der Waals surface area contributed by atoms with Crippen LogP contribution in [0.4, 0.5) is 0 Å². The van der Waals surface area contributed by atoms with Gasteiger partial charge in [-0.05, 0) is 7.05 Å². The van der Waals surface area contributed by atoms with Crippen LogP contribution in [0.25, 0.3) is 0 Å².